The average molecular weight is 269 g/mol. The maximum absolute atomic E-state index is 6.14. The molecule has 90 valence electrons. The van der Waals surface area contributed by atoms with Crippen molar-refractivity contribution in [3.63, 3.8) is 0 Å². The minimum absolute atomic E-state index is 0.506. The van der Waals surface area contributed by atoms with Crippen molar-refractivity contribution >= 4 is 23.2 Å². The van der Waals surface area contributed by atoms with Gasteiger partial charge in [0.05, 0.1) is 18.6 Å². The van der Waals surface area contributed by atoms with Crippen LogP contribution in [0.2, 0.25) is 5.02 Å². The lowest BCUT2D eigenvalue weighted by Gasteiger charge is -2.08. The van der Waals surface area contributed by atoms with E-state index in [0.717, 1.165) is 22.6 Å². The van der Waals surface area contributed by atoms with Crippen molar-refractivity contribution in [2.45, 2.75) is 25.8 Å². The summed E-state index contributed by atoms with van der Waals surface area (Å²) in [6.07, 6.45) is 2.76. The Bertz CT molecular complexity index is 506. The van der Waals surface area contributed by atoms with Gasteiger partial charge in [-0.05, 0) is 18.1 Å². The number of rotatable bonds is 4. The second-order valence-electron chi connectivity index (χ2n) is 3.85. The average Bonchev–Trinajstić information content (AvgIpc) is 2.74. The standard InChI is InChI=1S/C13H14Cl2N2/c1-2-13-11(7-14)8-16-17(13)9-10-5-3-4-6-12(10)15/h3-6,8H,2,7,9H2,1H3. The number of benzene rings is 1. The molecule has 4 heteroatoms. The van der Waals surface area contributed by atoms with Gasteiger partial charge in [0.1, 0.15) is 0 Å². The SMILES string of the molecule is CCc1c(CCl)cnn1Cc1ccccc1Cl. The molecule has 0 aliphatic carbocycles. The van der Waals surface area contributed by atoms with E-state index in [4.69, 9.17) is 23.2 Å². The molecule has 0 saturated carbocycles. The molecule has 0 saturated heterocycles. The molecular formula is C13H14Cl2N2. The Hall–Kier alpha value is -0.990. The topological polar surface area (TPSA) is 17.8 Å². The highest BCUT2D eigenvalue weighted by Crippen LogP contribution is 2.19. The van der Waals surface area contributed by atoms with E-state index in [1.165, 1.54) is 5.69 Å². The van der Waals surface area contributed by atoms with Gasteiger partial charge in [-0.2, -0.15) is 5.10 Å². The fraction of sp³-hybridized carbons (Fsp3) is 0.308. The van der Waals surface area contributed by atoms with Crippen LogP contribution in [-0.2, 0) is 18.8 Å². The largest absolute Gasteiger partial charge is 0.265 e. The maximum Gasteiger partial charge on any atom is 0.0677 e. The summed E-state index contributed by atoms with van der Waals surface area (Å²) < 4.78 is 1.97. The fourth-order valence-corrected chi connectivity index (χ4v) is 2.31. The molecule has 0 amide bonds. The third-order valence-electron chi connectivity index (χ3n) is 2.79. The number of aromatic nitrogens is 2. The molecule has 0 spiro atoms. The number of hydrogen-bond acceptors (Lipinski definition) is 1. The number of halogens is 2. The van der Waals surface area contributed by atoms with E-state index in [0.29, 0.717) is 12.4 Å². The maximum atomic E-state index is 6.14. The smallest absolute Gasteiger partial charge is 0.0677 e. The van der Waals surface area contributed by atoms with Crippen LogP contribution in [0, 0.1) is 0 Å². The summed E-state index contributed by atoms with van der Waals surface area (Å²) in [5.74, 6) is 0.506. The van der Waals surface area contributed by atoms with Gasteiger partial charge in [-0.15, -0.1) is 11.6 Å². The van der Waals surface area contributed by atoms with E-state index >= 15 is 0 Å². The Balaban J connectivity index is 2.30. The molecule has 0 aliphatic rings. The van der Waals surface area contributed by atoms with E-state index in [9.17, 15) is 0 Å². The Kier molecular flexibility index (Phi) is 4.08. The van der Waals surface area contributed by atoms with Crippen LogP contribution >= 0.6 is 23.2 Å². The lowest BCUT2D eigenvalue weighted by molar-refractivity contribution is 0.648. The Labute approximate surface area is 111 Å². The van der Waals surface area contributed by atoms with Gasteiger partial charge in [0.15, 0.2) is 0 Å². The number of nitrogens with zero attached hydrogens (tertiary/aromatic N) is 2. The first-order valence-electron chi connectivity index (χ1n) is 5.59. The van der Waals surface area contributed by atoms with E-state index in [1.807, 2.05) is 35.1 Å². The molecule has 1 heterocycles. The highest BCUT2D eigenvalue weighted by Gasteiger charge is 2.09. The van der Waals surface area contributed by atoms with Gasteiger partial charge in [-0.3, -0.25) is 4.68 Å². The van der Waals surface area contributed by atoms with Crippen LogP contribution in [0.25, 0.3) is 0 Å². The molecule has 0 aliphatic heterocycles. The molecule has 2 aromatic rings. The van der Waals surface area contributed by atoms with Crippen molar-refractivity contribution in [3.05, 3.63) is 52.3 Å². The van der Waals surface area contributed by atoms with Gasteiger partial charge in [0.2, 0.25) is 0 Å². The quantitative estimate of drug-likeness (QED) is 0.770. The highest BCUT2D eigenvalue weighted by molar-refractivity contribution is 6.31. The van der Waals surface area contributed by atoms with Crippen LogP contribution in [-0.4, -0.2) is 9.78 Å². The molecular weight excluding hydrogens is 255 g/mol. The van der Waals surface area contributed by atoms with E-state index in [2.05, 4.69) is 12.0 Å². The molecule has 1 aromatic carbocycles. The molecule has 2 nitrogen and oxygen atoms in total. The predicted molar refractivity (Wildman–Crippen MR) is 71.7 cm³/mol. The van der Waals surface area contributed by atoms with Gasteiger partial charge in [-0.1, -0.05) is 36.7 Å². The molecule has 2 rings (SSSR count). The minimum Gasteiger partial charge on any atom is -0.265 e. The van der Waals surface area contributed by atoms with Gasteiger partial charge >= 0.3 is 0 Å². The zero-order chi connectivity index (χ0) is 12.3. The third kappa shape index (κ3) is 2.64. The minimum atomic E-state index is 0.506. The first kappa shape index (κ1) is 12.5. The van der Waals surface area contributed by atoms with Gasteiger partial charge in [0.25, 0.3) is 0 Å². The second kappa shape index (κ2) is 5.56. The number of alkyl halides is 1. The Morgan fingerprint density at radius 3 is 2.65 bits per heavy atom. The summed E-state index contributed by atoms with van der Waals surface area (Å²) in [5, 5.41) is 5.14. The molecule has 0 fully saturated rings. The monoisotopic (exact) mass is 268 g/mol. The lowest BCUT2D eigenvalue weighted by atomic mass is 10.2. The zero-order valence-corrected chi connectivity index (χ0v) is 11.2. The molecule has 0 N–H and O–H groups in total. The van der Waals surface area contributed by atoms with E-state index in [-0.39, 0.29) is 0 Å². The molecule has 17 heavy (non-hydrogen) atoms. The van der Waals surface area contributed by atoms with Gasteiger partial charge < -0.3 is 0 Å². The van der Waals surface area contributed by atoms with E-state index in [1.54, 1.807) is 0 Å². The first-order chi connectivity index (χ1) is 8.26. The van der Waals surface area contributed by atoms with Crippen molar-refractivity contribution < 1.29 is 0 Å². The summed E-state index contributed by atoms with van der Waals surface area (Å²) in [7, 11) is 0. The first-order valence-corrected chi connectivity index (χ1v) is 6.50. The van der Waals surface area contributed by atoms with Crippen LogP contribution < -0.4 is 0 Å². The summed E-state index contributed by atoms with van der Waals surface area (Å²) in [6.45, 7) is 2.80. The molecule has 1 aromatic heterocycles. The van der Waals surface area contributed by atoms with Crippen LogP contribution in [0.1, 0.15) is 23.7 Å². The van der Waals surface area contributed by atoms with Crippen molar-refractivity contribution in [1.82, 2.24) is 9.78 Å². The van der Waals surface area contributed by atoms with Crippen molar-refractivity contribution in [3.8, 4) is 0 Å². The molecule has 0 unspecified atom stereocenters. The van der Waals surface area contributed by atoms with Gasteiger partial charge in [0, 0.05) is 16.3 Å². The third-order valence-corrected chi connectivity index (χ3v) is 3.45. The molecule has 0 radical (unpaired) electrons. The second-order valence-corrected chi connectivity index (χ2v) is 4.53. The summed E-state index contributed by atoms with van der Waals surface area (Å²) in [4.78, 5) is 0. The van der Waals surface area contributed by atoms with Crippen LogP contribution in [0.3, 0.4) is 0 Å². The van der Waals surface area contributed by atoms with Crippen LogP contribution in [0.4, 0.5) is 0 Å². The van der Waals surface area contributed by atoms with E-state index < -0.39 is 0 Å². The van der Waals surface area contributed by atoms with Gasteiger partial charge in [-0.25, -0.2) is 0 Å². The summed E-state index contributed by atoms with van der Waals surface area (Å²) in [5.41, 5.74) is 3.36. The summed E-state index contributed by atoms with van der Waals surface area (Å²) >= 11 is 12.0. The van der Waals surface area contributed by atoms with Crippen molar-refractivity contribution in [1.29, 1.82) is 0 Å². The summed E-state index contributed by atoms with van der Waals surface area (Å²) in [6, 6.07) is 7.83. The molecule has 0 atom stereocenters. The normalized spacial score (nSPS) is 10.8. The highest BCUT2D eigenvalue weighted by atomic mass is 35.5. The van der Waals surface area contributed by atoms with Crippen molar-refractivity contribution in [2.24, 2.45) is 0 Å². The van der Waals surface area contributed by atoms with Crippen LogP contribution in [0.5, 0.6) is 0 Å². The Morgan fingerprint density at radius 1 is 1.24 bits per heavy atom. The van der Waals surface area contributed by atoms with Crippen molar-refractivity contribution in [2.75, 3.05) is 0 Å². The number of hydrogen-bond donors (Lipinski definition) is 0. The predicted octanol–water partition coefficient (Wildman–Crippen LogP) is 3.89. The Morgan fingerprint density at radius 2 is 2.00 bits per heavy atom. The van der Waals surface area contributed by atoms with Crippen LogP contribution in [0.15, 0.2) is 30.5 Å². The molecule has 0 bridgehead atoms. The lowest BCUT2D eigenvalue weighted by Crippen LogP contribution is -2.06. The fourth-order valence-electron chi connectivity index (χ4n) is 1.89. The zero-order valence-electron chi connectivity index (χ0n) is 9.66.